The summed E-state index contributed by atoms with van der Waals surface area (Å²) in [7, 11) is 3.63. The average molecular weight is 446 g/mol. The summed E-state index contributed by atoms with van der Waals surface area (Å²) in [5.74, 6) is 1.45. The molecule has 172 valence electrons. The number of ether oxygens (including phenoxy) is 1. The lowest BCUT2D eigenvalue weighted by molar-refractivity contribution is -0.121. The van der Waals surface area contributed by atoms with Crippen molar-refractivity contribution in [3.63, 3.8) is 0 Å². The minimum absolute atomic E-state index is 0.0864. The van der Waals surface area contributed by atoms with Crippen LogP contribution in [0.15, 0.2) is 66.9 Å². The van der Waals surface area contributed by atoms with Gasteiger partial charge in [-0.1, -0.05) is 36.4 Å². The number of aromatic nitrogens is 2. The highest BCUT2D eigenvalue weighted by atomic mass is 16.5. The van der Waals surface area contributed by atoms with E-state index in [1.165, 1.54) is 0 Å². The van der Waals surface area contributed by atoms with Gasteiger partial charge in [-0.25, -0.2) is 0 Å². The predicted octanol–water partition coefficient (Wildman–Crippen LogP) is 4.07. The van der Waals surface area contributed by atoms with E-state index in [1.807, 2.05) is 74.6 Å². The monoisotopic (exact) mass is 445 g/mol. The lowest BCUT2D eigenvalue weighted by Gasteiger charge is -2.33. The van der Waals surface area contributed by atoms with Crippen LogP contribution in [-0.4, -0.2) is 54.3 Å². The Kier molecular flexibility index (Phi) is 7.19. The number of amides is 1. The Morgan fingerprint density at radius 2 is 2.03 bits per heavy atom. The zero-order valence-corrected chi connectivity index (χ0v) is 19.4. The molecule has 0 saturated carbocycles. The first-order chi connectivity index (χ1) is 16.1. The molecule has 3 aromatic rings. The molecule has 2 atom stereocenters. The molecular formula is C26H31N5O2. The third kappa shape index (κ3) is 5.31. The van der Waals surface area contributed by atoms with Crippen molar-refractivity contribution in [2.24, 2.45) is 0 Å². The molecule has 2 unspecified atom stereocenters. The highest BCUT2D eigenvalue weighted by molar-refractivity contribution is 5.96. The summed E-state index contributed by atoms with van der Waals surface area (Å²) in [6.07, 6.45) is 3.84. The largest absolute Gasteiger partial charge is 0.495 e. The topological polar surface area (TPSA) is 70.6 Å². The van der Waals surface area contributed by atoms with E-state index in [4.69, 9.17) is 4.74 Å². The number of likely N-dealkylation sites (N-methyl/N-ethyl adjacent to an activating group) is 1. The fourth-order valence-corrected chi connectivity index (χ4v) is 4.57. The van der Waals surface area contributed by atoms with Crippen molar-refractivity contribution in [3.8, 4) is 5.75 Å². The van der Waals surface area contributed by atoms with E-state index in [-0.39, 0.29) is 11.9 Å². The summed E-state index contributed by atoms with van der Waals surface area (Å²) < 4.78 is 5.47. The second-order valence-corrected chi connectivity index (χ2v) is 8.52. The first-order valence-corrected chi connectivity index (χ1v) is 11.3. The molecule has 0 bridgehead atoms. The fourth-order valence-electron chi connectivity index (χ4n) is 4.57. The highest BCUT2D eigenvalue weighted by Gasteiger charge is 2.32. The van der Waals surface area contributed by atoms with Crippen LogP contribution in [0.1, 0.15) is 30.0 Å². The number of nitrogens with zero attached hydrogens (tertiary/aromatic N) is 4. The van der Waals surface area contributed by atoms with E-state index < -0.39 is 6.04 Å². The Morgan fingerprint density at radius 3 is 2.76 bits per heavy atom. The minimum Gasteiger partial charge on any atom is -0.495 e. The molecule has 2 aromatic carbocycles. The molecule has 2 heterocycles. The molecule has 1 fully saturated rings. The number of methoxy groups -OCH3 is 1. The van der Waals surface area contributed by atoms with Crippen LogP contribution in [-0.2, 0) is 4.79 Å². The van der Waals surface area contributed by atoms with Gasteiger partial charge < -0.3 is 15.0 Å². The molecule has 1 aliphatic heterocycles. The number of rotatable bonds is 8. The normalized spacial score (nSPS) is 16.6. The lowest BCUT2D eigenvalue weighted by atomic mass is 10.0. The van der Waals surface area contributed by atoms with Gasteiger partial charge in [-0.15, -0.1) is 5.10 Å². The number of hydrogen-bond donors (Lipinski definition) is 1. The van der Waals surface area contributed by atoms with Crippen LogP contribution in [0.3, 0.4) is 0 Å². The van der Waals surface area contributed by atoms with E-state index in [9.17, 15) is 4.79 Å². The van der Waals surface area contributed by atoms with E-state index in [0.717, 1.165) is 42.9 Å². The summed E-state index contributed by atoms with van der Waals surface area (Å²) >= 11 is 0. The van der Waals surface area contributed by atoms with Crippen molar-refractivity contribution in [2.75, 3.05) is 37.5 Å². The molecule has 33 heavy (non-hydrogen) atoms. The van der Waals surface area contributed by atoms with Gasteiger partial charge in [0.2, 0.25) is 5.91 Å². The Bertz CT molecular complexity index is 1060. The van der Waals surface area contributed by atoms with Gasteiger partial charge in [0, 0.05) is 25.3 Å². The Morgan fingerprint density at radius 1 is 1.21 bits per heavy atom. The van der Waals surface area contributed by atoms with Gasteiger partial charge in [0.1, 0.15) is 11.8 Å². The smallest absolute Gasteiger partial charge is 0.246 e. The second kappa shape index (κ2) is 10.4. The predicted molar refractivity (Wildman–Crippen MR) is 131 cm³/mol. The summed E-state index contributed by atoms with van der Waals surface area (Å²) in [5, 5.41) is 11.5. The van der Waals surface area contributed by atoms with Crippen molar-refractivity contribution in [2.45, 2.75) is 31.8 Å². The number of carbonyl (C=O) groups excluding carboxylic acids is 1. The van der Waals surface area contributed by atoms with E-state index in [2.05, 4.69) is 25.3 Å². The van der Waals surface area contributed by atoms with Gasteiger partial charge in [0.25, 0.3) is 0 Å². The fraction of sp³-hybridized carbons (Fsp3) is 0.346. The van der Waals surface area contributed by atoms with E-state index in [0.29, 0.717) is 11.4 Å². The highest BCUT2D eigenvalue weighted by Crippen LogP contribution is 2.30. The number of aryl methyl sites for hydroxylation is 1. The van der Waals surface area contributed by atoms with Gasteiger partial charge in [-0.05, 0) is 62.2 Å². The van der Waals surface area contributed by atoms with Crippen LogP contribution in [0.25, 0.3) is 0 Å². The molecule has 0 aliphatic carbocycles. The van der Waals surface area contributed by atoms with E-state index in [1.54, 1.807) is 13.3 Å². The average Bonchev–Trinajstić information content (AvgIpc) is 3.28. The number of carbonyl (C=O) groups is 1. The molecule has 4 rings (SSSR count). The minimum atomic E-state index is -0.444. The summed E-state index contributed by atoms with van der Waals surface area (Å²) in [6.45, 7) is 3.67. The van der Waals surface area contributed by atoms with Crippen molar-refractivity contribution in [3.05, 3.63) is 78.0 Å². The van der Waals surface area contributed by atoms with Crippen LogP contribution < -0.4 is 15.0 Å². The maximum absolute atomic E-state index is 13.6. The van der Waals surface area contributed by atoms with Crippen LogP contribution in [0.2, 0.25) is 0 Å². The maximum Gasteiger partial charge on any atom is 0.246 e. The third-order valence-corrected chi connectivity index (χ3v) is 6.15. The molecule has 0 radical (unpaired) electrons. The van der Waals surface area contributed by atoms with Crippen molar-refractivity contribution < 1.29 is 9.53 Å². The number of hydrogen-bond acceptors (Lipinski definition) is 6. The zero-order chi connectivity index (χ0) is 23.2. The Labute approximate surface area is 195 Å². The van der Waals surface area contributed by atoms with Gasteiger partial charge in [0.05, 0.1) is 12.8 Å². The zero-order valence-electron chi connectivity index (χ0n) is 19.4. The molecule has 1 aliphatic rings. The lowest BCUT2D eigenvalue weighted by Crippen LogP contribution is -2.43. The maximum atomic E-state index is 13.6. The van der Waals surface area contributed by atoms with Crippen LogP contribution >= 0.6 is 0 Å². The molecule has 0 spiro atoms. The van der Waals surface area contributed by atoms with Gasteiger partial charge in [-0.2, -0.15) is 5.10 Å². The molecule has 7 heteroatoms. The van der Waals surface area contributed by atoms with Crippen LogP contribution in [0.5, 0.6) is 5.75 Å². The van der Waals surface area contributed by atoms with Gasteiger partial charge >= 0.3 is 0 Å². The summed E-state index contributed by atoms with van der Waals surface area (Å²) in [5.41, 5.74) is 2.69. The Balaban J connectivity index is 1.57. The quantitative estimate of drug-likeness (QED) is 0.564. The molecular weight excluding hydrogens is 414 g/mol. The molecule has 1 N–H and O–H groups in total. The number of nitrogens with one attached hydrogen (secondary N) is 1. The first-order valence-electron chi connectivity index (χ1n) is 11.3. The Hall–Kier alpha value is -3.45. The molecule has 1 amide bonds. The molecule has 1 aromatic heterocycles. The first kappa shape index (κ1) is 22.7. The standard InChI is InChI=1S/C26H31N5O2/c1-19-13-14-23(33-3)22(17-19)28-26(32)25(20-9-5-4-6-10-20)30(2)18-21-11-8-16-31(21)24-12-7-15-27-29-24/h4-7,9-10,12-15,17,21,25H,8,11,16,18H2,1-3H3,(H,28,32). The van der Waals surface area contributed by atoms with Crippen LogP contribution in [0, 0.1) is 6.92 Å². The third-order valence-electron chi connectivity index (χ3n) is 6.15. The SMILES string of the molecule is COc1ccc(C)cc1NC(=O)C(c1ccccc1)N(C)CC1CCCN1c1cccnn1. The summed E-state index contributed by atoms with van der Waals surface area (Å²) in [4.78, 5) is 18.0. The number of benzene rings is 2. The van der Waals surface area contributed by atoms with Crippen LogP contribution in [0.4, 0.5) is 11.5 Å². The van der Waals surface area contributed by atoms with Gasteiger partial charge in [0.15, 0.2) is 5.82 Å². The van der Waals surface area contributed by atoms with Crippen molar-refractivity contribution in [1.82, 2.24) is 15.1 Å². The molecule has 1 saturated heterocycles. The molecule has 7 nitrogen and oxygen atoms in total. The van der Waals surface area contributed by atoms with Gasteiger partial charge in [-0.3, -0.25) is 9.69 Å². The summed E-state index contributed by atoms with van der Waals surface area (Å²) in [6, 6.07) is 19.4. The van der Waals surface area contributed by atoms with E-state index >= 15 is 0 Å². The second-order valence-electron chi connectivity index (χ2n) is 8.52. The number of anilines is 2. The van der Waals surface area contributed by atoms with Crippen molar-refractivity contribution in [1.29, 1.82) is 0 Å². The van der Waals surface area contributed by atoms with Crippen molar-refractivity contribution >= 4 is 17.4 Å².